The minimum atomic E-state index is -0.436. The monoisotopic (exact) mass is 384 g/mol. The van der Waals surface area contributed by atoms with E-state index in [1.807, 2.05) is 0 Å². The van der Waals surface area contributed by atoms with E-state index in [9.17, 15) is 14.4 Å². The first-order chi connectivity index (χ1) is 13.5. The number of likely N-dealkylation sites (tertiary alicyclic amines) is 1. The predicted molar refractivity (Wildman–Crippen MR) is 105 cm³/mol. The van der Waals surface area contributed by atoms with E-state index in [1.165, 1.54) is 6.42 Å². The molecule has 1 aliphatic carbocycles. The van der Waals surface area contributed by atoms with Gasteiger partial charge in [-0.15, -0.1) is 0 Å². The van der Waals surface area contributed by atoms with Crippen molar-refractivity contribution in [3.05, 3.63) is 29.8 Å². The normalized spacial score (nSPS) is 31.0. The smallest absolute Gasteiger partial charge is 0.340 e. The number of piperidine rings is 1. The Morgan fingerprint density at radius 1 is 1.14 bits per heavy atom. The molecule has 3 fully saturated rings. The third-order valence-electron chi connectivity index (χ3n) is 6.55. The standard InChI is InChI=1S/C22H28N2O4/c1-14-12-20(25)24(21(14)26)18-8-4-3-7-16(18)22(27)28-19-9-5-6-15-10-11-23(2)13-17(15)19/h3-4,7-8,14-15,17,19H,5-6,9-13H2,1-2H3/t14-,15+,17+,19+/m0/s1. The number of rotatable bonds is 3. The fourth-order valence-corrected chi connectivity index (χ4v) is 5.00. The van der Waals surface area contributed by atoms with Gasteiger partial charge in [0, 0.05) is 24.8 Å². The van der Waals surface area contributed by atoms with Gasteiger partial charge in [-0.05, 0) is 57.3 Å². The van der Waals surface area contributed by atoms with Crippen molar-refractivity contribution in [2.24, 2.45) is 17.8 Å². The molecule has 0 radical (unpaired) electrons. The van der Waals surface area contributed by atoms with Crippen LogP contribution >= 0.6 is 0 Å². The number of para-hydroxylation sites is 1. The summed E-state index contributed by atoms with van der Waals surface area (Å²) in [5.41, 5.74) is 0.643. The third-order valence-corrected chi connectivity index (χ3v) is 6.55. The van der Waals surface area contributed by atoms with Crippen molar-refractivity contribution in [2.45, 2.75) is 45.1 Å². The summed E-state index contributed by atoms with van der Waals surface area (Å²) >= 11 is 0. The number of nitrogens with zero attached hydrogens (tertiary/aromatic N) is 2. The molecule has 0 aromatic heterocycles. The fraction of sp³-hybridized carbons (Fsp3) is 0.591. The van der Waals surface area contributed by atoms with Crippen LogP contribution in [-0.4, -0.2) is 48.9 Å². The van der Waals surface area contributed by atoms with Gasteiger partial charge < -0.3 is 9.64 Å². The van der Waals surface area contributed by atoms with E-state index < -0.39 is 5.97 Å². The van der Waals surface area contributed by atoms with Crippen molar-refractivity contribution in [2.75, 3.05) is 25.0 Å². The van der Waals surface area contributed by atoms with Crippen LogP contribution in [0.1, 0.15) is 49.4 Å². The topological polar surface area (TPSA) is 66.9 Å². The number of carbonyl (C=O) groups excluding carboxylic acids is 3. The van der Waals surface area contributed by atoms with Crippen molar-refractivity contribution < 1.29 is 19.1 Å². The molecule has 28 heavy (non-hydrogen) atoms. The molecule has 1 aromatic carbocycles. The molecular formula is C22H28N2O4. The second-order valence-corrected chi connectivity index (χ2v) is 8.54. The van der Waals surface area contributed by atoms with E-state index in [1.54, 1.807) is 31.2 Å². The summed E-state index contributed by atoms with van der Waals surface area (Å²) in [6.45, 7) is 3.79. The Labute approximate surface area is 165 Å². The molecule has 2 saturated heterocycles. The van der Waals surface area contributed by atoms with Gasteiger partial charge in [0.2, 0.25) is 11.8 Å². The van der Waals surface area contributed by atoms with Gasteiger partial charge in [-0.1, -0.05) is 19.1 Å². The molecule has 1 aromatic rings. The van der Waals surface area contributed by atoms with Gasteiger partial charge in [-0.3, -0.25) is 9.59 Å². The summed E-state index contributed by atoms with van der Waals surface area (Å²) in [6.07, 6.45) is 4.39. The van der Waals surface area contributed by atoms with E-state index >= 15 is 0 Å². The molecule has 4 atom stereocenters. The highest BCUT2D eigenvalue weighted by molar-refractivity contribution is 6.22. The molecule has 1 saturated carbocycles. The van der Waals surface area contributed by atoms with E-state index in [0.717, 1.165) is 37.3 Å². The molecule has 6 heteroatoms. The van der Waals surface area contributed by atoms with Crippen molar-refractivity contribution in [1.29, 1.82) is 0 Å². The maximum atomic E-state index is 13.1. The number of anilines is 1. The number of hydrogen-bond acceptors (Lipinski definition) is 5. The van der Waals surface area contributed by atoms with Crippen molar-refractivity contribution >= 4 is 23.5 Å². The summed E-state index contributed by atoms with van der Waals surface area (Å²) in [7, 11) is 2.12. The van der Waals surface area contributed by atoms with Crippen molar-refractivity contribution in [3.63, 3.8) is 0 Å². The maximum Gasteiger partial charge on any atom is 0.340 e. The number of amides is 2. The zero-order chi connectivity index (χ0) is 19.8. The molecule has 2 heterocycles. The second-order valence-electron chi connectivity index (χ2n) is 8.54. The molecule has 2 aliphatic heterocycles. The number of imide groups is 1. The fourth-order valence-electron chi connectivity index (χ4n) is 5.00. The average Bonchev–Trinajstić information content (AvgIpc) is 2.94. The van der Waals surface area contributed by atoms with Crippen LogP contribution in [0, 0.1) is 17.8 Å². The van der Waals surface area contributed by atoms with Crippen LogP contribution in [-0.2, 0) is 14.3 Å². The van der Waals surface area contributed by atoms with Crippen LogP contribution < -0.4 is 4.90 Å². The summed E-state index contributed by atoms with van der Waals surface area (Å²) in [5.74, 6) is -0.330. The lowest BCUT2D eigenvalue weighted by atomic mass is 9.73. The number of fused-ring (bicyclic) bond motifs is 1. The van der Waals surface area contributed by atoms with Gasteiger partial charge in [0.15, 0.2) is 0 Å². The zero-order valence-electron chi connectivity index (χ0n) is 16.6. The van der Waals surface area contributed by atoms with Crippen LogP contribution in [0.2, 0.25) is 0 Å². The molecule has 0 spiro atoms. The van der Waals surface area contributed by atoms with Crippen molar-refractivity contribution in [3.8, 4) is 0 Å². The van der Waals surface area contributed by atoms with Crippen LogP contribution in [0.15, 0.2) is 24.3 Å². The van der Waals surface area contributed by atoms with Crippen molar-refractivity contribution in [1.82, 2.24) is 4.90 Å². The van der Waals surface area contributed by atoms with Gasteiger partial charge in [-0.25, -0.2) is 9.69 Å². The Morgan fingerprint density at radius 2 is 1.93 bits per heavy atom. The molecular weight excluding hydrogens is 356 g/mol. The lowest BCUT2D eigenvalue weighted by Crippen LogP contribution is -2.47. The molecule has 0 bridgehead atoms. The average molecular weight is 384 g/mol. The lowest BCUT2D eigenvalue weighted by Gasteiger charge is -2.43. The van der Waals surface area contributed by atoms with Crippen LogP contribution in [0.4, 0.5) is 5.69 Å². The Hall–Kier alpha value is -2.21. The van der Waals surface area contributed by atoms with E-state index in [2.05, 4.69) is 11.9 Å². The van der Waals surface area contributed by atoms with Gasteiger partial charge in [0.1, 0.15) is 6.10 Å². The first-order valence-corrected chi connectivity index (χ1v) is 10.3. The number of carbonyl (C=O) groups is 3. The molecule has 150 valence electrons. The van der Waals surface area contributed by atoms with E-state index in [0.29, 0.717) is 23.1 Å². The van der Waals surface area contributed by atoms with Gasteiger partial charge in [0.05, 0.1) is 11.3 Å². The third kappa shape index (κ3) is 3.46. The SMILES string of the molecule is C[C@H]1CC(=O)N(c2ccccc2C(=O)O[C@@H]2CCC[C@@H]3CCN(C)C[C@H]32)C1=O. The summed E-state index contributed by atoms with van der Waals surface area (Å²) < 4.78 is 5.98. The van der Waals surface area contributed by atoms with Crippen LogP contribution in [0.25, 0.3) is 0 Å². The lowest BCUT2D eigenvalue weighted by molar-refractivity contribution is -0.122. The molecule has 3 aliphatic rings. The first-order valence-electron chi connectivity index (χ1n) is 10.3. The summed E-state index contributed by atoms with van der Waals surface area (Å²) in [6, 6.07) is 6.78. The molecule has 4 rings (SSSR count). The number of esters is 1. The highest BCUT2D eigenvalue weighted by Gasteiger charge is 2.41. The van der Waals surface area contributed by atoms with Gasteiger partial charge >= 0.3 is 5.97 Å². The Bertz CT molecular complexity index is 792. The van der Waals surface area contributed by atoms with Crippen LogP contribution in [0.5, 0.6) is 0 Å². The number of ether oxygens (including phenoxy) is 1. The summed E-state index contributed by atoms with van der Waals surface area (Å²) in [4.78, 5) is 41.3. The van der Waals surface area contributed by atoms with Crippen LogP contribution in [0.3, 0.4) is 0 Å². The quantitative estimate of drug-likeness (QED) is 0.592. The van der Waals surface area contributed by atoms with Gasteiger partial charge in [0.25, 0.3) is 0 Å². The number of benzene rings is 1. The van der Waals surface area contributed by atoms with Gasteiger partial charge in [-0.2, -0.15) is 0 Å². The Balaban J connectivity index is 1.56. The second kappa shape index (κ2) is 7.66. The first kappa shape index (κ1) is 19.1. The zero-order valence-corrected chi connectivity index (χ0v) is 16.6. The highest BCUT2D eigenvalue weighted by Crippen LogP contribution is 2.38. The highest BCUT2D eigenvalue weighted by atomic mass is 16.5. The predicted octanol–water partition coefficient (Wildman–Crippen LogP) is 2.86. The van der Waals surface area contributed by atoms with E-state index in [-0.39, 0.29) is 30.3 Å². The Kier molecular flexibility index (Phi) is 5.23. The molecule has 6 nitrogen and oxygen atoms in total. The Morgan fingerprint density at radius 3 is 2.68 bits per heavy atom. The molecule has 0 unspecified atom stereocenters. The molecule has 2 amide bonds. The summed E-state index contributed by atoms with van der Waals surface area (Å²) in [5, 5.41) is 0. The van der Waals surface area contributed by atoms with E-state index in [4.69, 9.17) is 4.74 Å². The largest absolute Gasteiger partial charge is 0.458 e. The minimum Gasteiger partial charge on any atom is -0.458 e. The molecule has 0 N–H and O–H groups in total. The number of hydrogen-bond donors (Lipinski definition) is 0. The minimum absolute atomic E-state index is 0.106. The maximum absolute atomic E-state index is 13.1.